The van der Waals surface area contributed by atoms with Gasteiger partial charge in [-0.1, -0.05) is 46.3 Å². The standard InChI is InChI=1S/C11H9BrO2/c12-6-2-5-11-9(7-13)3-1-4-10(11)8-14/h1-5,7-8H,6H2. The number of rotatable bonds is 4. The van der Waals surface area contributed by atoms with E-state index in [0.717, 1.165) is 12.6 Å². The number of carbonyl (C=O) groups excluding carboxylic acids is 2. The third-order valence-corrected chi connectivity index (χ3v) is 2.17. The van der Waals surface area contributed by atoms with Gasteiger partial charge in [0.15, 0.2) is 12.6 Å². The van der Waals surface area contributed by atoms with Gasteiger partial charge in [0.2, 0.25) is 0 Å². The zero-order valence-corrected chi connectivity index (χ0v) is 9.03. The van der Waals surface area contributed by atoms with Crippen molar-refractivity contribution in [3.05, 3.63) is 41.0 Å². The van der Waals surface area contributed by atoms with Gasteiger partial charge in [-0.15, -0.1) is 0 Å². The van der Waals surface area contributed by atoms with Crippen LogP contribution in [0, 0.1) is 0 Å². The first kappa shape index (κ1) is 10.9. The van der Waals surface area contributed by atoms with Gasteiger partial charge in [-0.2, -0.15) is 0 Å². The van der Waals surface area contributed by atoms with Crippen LogP contribution in [0.5, 0.6) is 0 Å². The van der Waals surface area contributed by atoms with Crippen LogP contribution in [0.3, 0.4) is 0 Å². The van der Waals surface area contributed by atoms with Gasteiger partial charge in [0, 0.05) is 16.5 Å². The van der Waals surface area contributed by atoms with Crippen LogP contribution >= 0.6 is 15.9 Å². The summed E-state index contributed by atoms with van der Waals surface area (Å²) in [5.74, 6) is 0. The number of carbonyl (C=O) groups is 2. The monoisotopic (exact) mass is 252 g/mol. The topological polar surface area (TPSA) is 34.1 Å². The van der Waals surface area contributed by atoms with Crippen molar-refractivity contribution < 1.29 is 9.59 Å². The Hall–Kier alpha value is -1.22. The zero-order chi connectivity index (χ0) is 10.4. The number of hydrogen-bond donors (Lipinski definition) is 0. The first-order valence-electron chi connectivity index (χ1n) is 4.09. The van der Waals surface area contributed by atoms with E-state index in [-0.39, 0.29) is 0 Å². The molecule has 0 bridgehead atoms. The summed E-state index contributed by atoms with van der Waals surface area (Å²) in [4.78, 5) is 21.4. The molecule has 0 fully saturated rings. The van der Waals surface area contributed by atoms with Gasteiger partial charge in [0.1, 0.15) is 0 Å². The maximum Gasteiger partial charge on any atom is 0.150 e. The molecule has 14 heavy (non-hydrogen) atoms. The maximum absolute atomic E-state index is 10.7. The van der Waals surface area contributed by atoms with Gasteiger partial charge in [0.05, 0.1) is 0 Å². The molecular weight excluding hydrogens is 244 g/mol. The first-order valence-corrected chi connectivity index (χ1v) is 5.21. The summed E-state index contributed by atoms with van der Waals surface area (Å²) in [5, 5.41) is 0.693. The summed E-state index contributed by atoms with van der Waals surface area (Å²) in [6.45, 7) is 0. The van der Waals surface area contributed by atoms with E-state index in [1.807, 2.05) is 6.08 Å². The number of halogens is 1. The van der Waals surface area contributed by atoms with E-state index in [0.29, 0.717) is 22.0 Å². The predicted octanol–water partition coefficient (Wildman–Crippen LogP) is 2.72. The highest BCUT2D eigenvalue weighted by atomic mass is 79.9. The van der Waals surface area contributed by atoms with Crippen LogP contribution < -0.4 is 0 Å². The second-order valence-electron chi connectivity index (χ2n) is 2.64. The Morgan fingerprint density at radius 3 is 2.14 bits per heavy atom. The summed E-state index contributed by atoms with van der Waals surface area (Å²) in [6, 6.07) is 5.07. The Bertz CT molecular complexity index is 343. The van der Waals surface area contributed by atoms with Crippen molar-refractivity contribution in [2.24, 2.45) is 0 Å². The van der Waals surface area contributed by atoms with Crippen molar-refractivity contribution in [2.45, 2.75) is 0 Å². The molecular formula is C11H9BrO2. The quantitative estimate of drug-likeness (QED) is 0.610. The van der Waals surface area contributed by atoms with E-state index in [1.165, 1.54) is 0 Å². The highest BCUT2D eigenvalue weighted by Gasteiger charge is 2.03. The van der Waals surface area contributed by atoms with Gasteiger partial charge in [-0.25, -0.2) is 0 Å². The average Bonchev–Trinajstić information content (AvgIpc) is 2.25. The van der Waals surface area contributed by atoms with E-state index >= 15 is 0 Å². The van der Waals surface area contributed by atoms with Gasteiger partial charge in [0.25, 0.3) is 0 Å². The molecule has 0 radical (unpaired) electrons. The lowest BCUT2D eigenvalue weighted by Crippen LogP contribution is -1.92. The number of allylic oxidation sites excluding steroid dienone is 1. The lowest BCUT2D eigenvalue weighted by Gasteiger charge is -2.01. The fourth-order valence-corrected chi connectivity index (χ4v) is 1.35. The van der Waals surface area contributed by atoms with Crippen molar-refractivity contribution in [3.8, 4) is 0 Å². The number of hydrogen-bond acceptors (Lipinski definition) is 2. The highest BCUT2D eigenvalue weighted by Crippen LogP contribution is 2.13. The van der Waals surface area contributed by atoms with Gasteiger partial charge < -0.3 is 0 Å². The second kappa shape index (κ2) is 5.50. The third kappa shape index (κ3) is 2.39. The fourth-order valence-electron chi connectivity index (χ4n) is 1.16. The lowest BCUT2D eigenvalue weighted by molar-refractivity contribution is 0.112. The molecule has 0 saturated carbocycles. The van der Waals surface area contributed by atoms with Crippen LogP contribution in [0.25, 0.3) is 6.08 Å². The Balaban J connectivity index is 3.25. The molecule has 0 unspecified atom stereocenters. The third-order valence-electron chi connectivity index (χ3n) is 1.80. The number of aldehydes is 2. The maximum atomic E-state index is 10.7. The molecule has 0 atom stereocenters. The smallest absolute Gasteiger partial charge is 0.150 e. The molecule has 72 valence electrons. The second-order valence-corrected chi connectivity index (χ2v) is 3.29. The summed E-state index contributed by atoms with van der Waals surface area (Å²) in [7, 11) is 0. The summed E-state index contributed by atoms with van der Waals surface area (Å²) in [6.07, 6.45) is 5.11. The van der Waals surface area contributed by atoms with Crippen molar-refractivity contribution in [2.75, 3.05) is 5.33 Å². The minimum Gasteiger partial charge on any atom is -0.298 e. The van der Waals surface area contributed by atoms with Gasteiger partial charge >= 0.3 is 0 Å². The molecule has 0 N–H and O–H groups in total. The van der Waals surface area contributed by atoms with Gasteiger partial charge in [-0.3, -0.25) is 9.59 Å². The molecule has 1 rings (SSSR count). The molecule has 0 aromatic heterocycles. The molecule has 0 aliphatic heterocycles. The van der Waals surface area contributed by atoms with E-state index in [9.17, 15) is 9.59 Å². The number of alkyl halides is 1. The van der Waals surface area contributed by atoms with E-state index in [1.54, 1.807) is 24.3 Å². The van der Waals surface area contributed by atoms with Crippen LogP contribution in [0.4, 0.5) is 0 Å². The fraction of sp³-hybridized carbons (Fsp3) is 0.0909. The van der Waals surface area contributed by atoms with Crippen LogP contribution in [0.1, 0.15) is 26.3 Å². The molecule has 2 nitrogen and oxygen atoms in total. The first-order chi connectivity index (χ1) is 6.83. The largest absolute Gasteiger partial charge is 0.298 e. The summed E-state index contributed by atoms with van der Waals surface area (Å²) in [5.41, 5.74) is 1.75. The summed E-state index contributed by atoms with van der Waals surface area (Å²) < 4.78 is 0. The normalized spacial score (nSPS) is 10.4. The van der Waals surface area contributed by atoms with Crippen molar-refractivity contribution in [1.82, 2.24) is 0 Å². The Morgan fingerprint density at radius 2 is 1.71 bits per heavy atom. The van der Waals surface area contributed by atoms with E-state index in [4.69, 9.17) is 0 Å². The Morgan fingerprint density at radius 1 is 1.14 bits per heavy atom. The lowest BCUT2D eigenvalue weighted by atomic mass is 10.0. The van der Waals surface area contributed by atoms with Crippen LogP contribution in [0.2, 0.25) is 0 Å². The van der Waals surface area contributed by atoms with Crippen molar-refractivity contribution in [1.29, 1.82) is 0 Å². The Labute approximate surface area is 90.8 Å². The van der Waals surface area contributed by atoms with Crippen LogP contribution in [0.15, 0.2) is 24.3 Å². The van der Waals surface area contributed by atoms with E-state index in [2.05, 4.69) is 15.9 Å². The van der Waals surface area contributed by atoms with Crippen molar-refractivity contribution >= 4 is 34.6 Å². The highest BCUT2D eigenvalue weighted by molar-refractivity contribution is 9.09. The minimum atomic E-state index is 0.534. The Kier molecular flexibility index (Phi) is 4.26. The molecule has 0 spiro atoms. The molecule has 1 aromatic carbocycles. The predicted molar refractivity (Wildman–Crippen MR) is 60.0 cm³/mol. The number of benzene rings is 1. The zero-order valence-electron chi connectivity index (χ0n) is 7.44. The van der Waals surface area contributed by atoms with Gasteiger partial charge in [-0.05, 0) is 5.56 Å². The summed E-state index contributed by atoms with van der Waals surface area (Å²) >= 11 is 3.24. The molecule has 3 heteroatoms. The molecule has 1 aromatic rings. The molecule has 0 amide bonds. The van der Waals surface area contributed by atoms with Crippen LogP contribution in [-0.4, -0.2) is 17.9 Å². The minimum absolute atomic E-state index is 0.534. The average molecular weight is 253 g/mol. The van der Waals surface area contributed by atoms with Crippen molar-refractivity contribution in [3.63, 3.8) is 0 Å². The molecule has 0 saturated heterocycles. The molecule has 0 heterocycles. The van der Waals surface area contributed by atoms with Crippen LogP contribution in [-0.2, 0) is 0 Å². The van der Waals surface area contributed by atoms with E-state index < -0.39 is 0 Å². The molecule has 0 aliphatic rings. The molecule has 0 aliphatic carbocycles. The SMILES string of the molecule is O=Cc1cccc(C=O)c1C=CCBr.